The van der Waals surface area contributed by atoms with Gasteiger partial charge in [-0.3, -0.25) is 4.79 Å². The molecule has 0 N–H and O–H groups in total. The SMILES string of the molecule is C=C1C[C@@H](OC(=O)C2(C)OC2C)[C@H]2C(=C)C(=O)O[C@@H]2[C@H]2C(C)=CC(=O)[C@@H]12. The highest BCUT2D eigenvalue weighted by Gasteiger charge is 2.60. The van der Waals surface area contributed by atoms with Crippen molar-refractivity contribution in [2.45, 2.75) is 51.1 Å². The molecule has 3 fully saturated rings. The van der Waals surface area contributed by atoms with Crippen LogP contribution in [0.15, 0.2) is 36.0 Å². The number of ether oxygens (including phenoxy) is 3. The molecule has 6 nitrogen and oxygen atoms in total. The molecule has 2 saturated heterocycles. The van der Waals surface area contributed by atoms with E-state index in [4.69, 9.17) is 14.2 Å². The van der Waals surface area contributed by atoms with Crippen LogP contribution in [0, 0.1) is 17.8 Å². The van der Waals surface area contributed by atoms with Crippen LogP contribution in [0.2, 0.25) is 0 Å². The normalized spacial score (nSPS) is 44.0. The van der Waals surface area contributed by atoms with Gasteiger partial charge in [-0.25, -0.2) is 9.59 Å². The summed E-state index contributed by atoms with van der Waals surface area (Å²) in [6.07, 6.45) is 0.444. The lowest BCUT2D eigenvalue weighted by atomic mass is 9.80. The minimum absolute atomic E-state index is 0.0390. The van der Waals surface area contributed by atoms with Crippen molar-refractivity contribution >= 4 is 17.7 Å². The quantitative estimate of drug-likeness (QED) is 0.324. The molecule has 2 unspecified atom stereocenters. The molecule has 2 aliphatic carbocycles. The summed E-state index contributed by atoms with van der Waals surface area (Å²) in [6, 6.07) is 0. The molecule has 0 aromatic rings. The van der Waals surface area contributed by atoms with E-state index in [1.54, 1.807) is 19.9 Å². The first kappa shape index (κ1) is 17.2. The highest BCUT2D eigenvalue weighted by molar-refractivity contribution is 5.98. The van der Waals surface area contributed by atoms with E-state index >= 15 is 0 Å². The highest BCUT2D eigenvalue weighted by Crippen LogP contribution is 2.50. The Morgan fingerprint density at radius 3 is 2.58 bits per heavy atom. The fraction of sp³-hybridized carbons (Fsp3) is 0.550. The maximum atomic E-state index is 12.6. The van der Waals surface area contributed by atoms with Gasteiger partial charge < -0.3 is 14.2 Å². The highest BCUT2D eigenvalue weighted by atomic mass is 16.7. The molecule has 0 bridgehead atoms. The summed E-state index contributed by atoms with van der Waals surface area (Å²) in [7, 11) is 0. The van der Waals surface area contributed by atoms with Crippen LogP contribution in [0.5, 0.6) is 0 Å². The topological polar surface area (TPSA) is 82.2 Å². The summed E-state index contributed by atoms with van der Waals surface area (Å²) < 4.78 is 16.7. The standard InChI is InChI=1S/C20H22O6/c1-8-6-12(21)14-9(2)7-13(24-19(23)20(5)11(4)26-20)16-10(3)18(22)25-17(16)15(8)14/h6,11,13-17H,2-3,7H2,1,4-5H3/t11?,13-,14-,15+,16-,17-,20?/m1/s1. The third kappa shape index (κ3) is 2.24. The summed E-state index contributed by atoms with van der Waals surface area (Å²) in [6.45, 7) is 13.3. The maximum Gasteiger partial charge on any atom is 0.341 e. The molecule has 0 aromatic heterocycles. The fourth-order valence-corrected chi connectivity index (χ4v) is 4.52. The van der Waals surface area contributed by atoms with Gasteiger partial charge in [-0.15, -0.1) is 0 Å². The van der Waals surface area contributed by atoms with E-state index in [9.17, 15) is 14.4 Å². The van der Waals surface area contributed by atoms with Crippen LogP contribution < -0.4 is 0 Å². The molecule has 2 aliphatic heterocycles. The molecule has 0 amide bonds. The van der Waals surface area contributed by atoms with Crippen LogP contribution in [0.25, 0.3) is 0 Å². The number of hydrogen-bond donors (Lipinski definition) is 0. The molecule has 6 heteroatoms. The lowest BCUT2D eigenvalue weighted by Gasteiger charge is -2.28. The van der Waals surface area contributed by atoms with Crippen molar-refractivity contribution < 1.29 is 28.6 Å². The number of allylic oxidation sites excluding steroid dienone is 1. The molecule has 0 radical (unpaired) electrons. The molecule has 4 rings (SSSR count). The number of ketones is 1. The van der Waals surface area contributed by atoms with E-state index in [1.807, 2.05) is 6.92 Å². The lowest BCUT2D eigenvalue weighted by Crippen LogP contribution is -2.38. The molecular formula is C20H22O6. The monoisotopic (exact) mass is 358 g/mol. The van der Waals surface area contributed by atoms with Gasteiger partial charge >= 0.3 is 11.9 Å². The average Bonchev–Trinajstić information content (AvgIpc) is 2.95. The van der Waals surface area contributed by atoms with Crippen molar-refractivity contribution in [3.05, 3.63) is 36.0 Å². The molecule has 138 valence electrons. The van der Waals surface area contributed by atoms with Gasteiger partial charge in [0.05, 0.1) is 17.9 Å². The van der Waals surface area contributed by atoms with Crippen molar-refractivity contribution in [3.63, 3.8) is 0 Å². The Bertz CT molecular complexity index is 792. The van der Waals surface area contributed by atoms with Crippen molar-refractivity contribution in [2.75, 3.05) is 0 Å². The van der Waals surface area contributed by atoms with Gasteiger partial charge in [0.15, 0.2) is 11.4 Å². The van der Waals surface area contributed by atoms with Crippen LogP contribution in [-0.4, -0.2) is 41.6 Å². The number of esters is 2. The average molecular weight is 358 g/mol. The second-order valence-corrected chi connectivity index (χ2v) is 7.89. The Hall–Kier alpha value is -2.21. The van der Waals surface area contributed by atoms with Gasteiger partial charge in [0.1, 0.15) is 12.2 Å². The van der Waals surface area contributed by atoms with Crippen LogP contribution in [0.1, 0.15) is 27.2 Å². The number of rotatable bonds is 2. The first-order valence-electron chi connectivity index (χ1n) is 8.83. The van der Waals surface area contributed by atoms with Crippen molar-refractivity contribution in [1.29, 1.82) is 0 Å². The van der Waals surface area contributed by atoms with Gasteiger partial charge in [-0.2, -0.15) is 0 Å². The summed E-state index contributed by atoms with van der Waals surface area (Å²) in [5.74, 6) is -2.23. The summed E-state index contributed by atoms with van der Waals surface area (Å²) >= 11 is 0. The van der Waals surface area contributed by atoms with E-state index in [0.29, 0.717) is 12.0 Å². The predicted octanol–water partition coefficient (Wildman–Crippen LogP) is 1.89. The zero-order valence-corrected chi connectivity index (χ0v) is 15.1. The second kappa shape index (κ2) is 5.39. The Kier molecular flexibility index (Phi) is 3.57. The Balaban J connectivity index is 1.69. The zero-order chi connectivity index (χ0) is 19.0. The van der Waals surface area contributed by atoms with Crippen molar-refractivity contribution in [2.24, 2.45) is 17.8 Å². The summed E-state index contributed by atoms with van der Waals surface area (Å²) in [5, 5.41) is 0. The third-order valence-corrected chi connectivity index (χ3v) is 6.28. The molecule has 26 heavy (non-hydrogen) atoms. The first-order valence-corrected chi connectivity index (χ1v) is 8.83. The van der Waals surface area contributed by atoms with Crippen molar-refractivity contribution in [3.8, 4) is 0 Å². The molecule has 7 atom stereocenters. The van der Waals surface area contributed by atoms with E-state index < -0.39 is 41.6 Å². The van der Waals surface area contributed by atoms with E-state index in [0.717, 1.165) is 5.57 Å². The van der Waals surface area contributed by atoms with Crippen LogP contribution >= 0.6 is 0 Å². The number of epoxide rings is 1. The van der Waals surface area contributed by atoms with E-state index in [1.165, 1.54) is 0 Å². The van der Waals surface area contributed by atoms with E-state index in [-0.39, 0.29) is 23.4 Å². The number of fused-ring (bicyclic) bond motifs is 3. The van der Waals surface area contributed by atoms with Crippen molar-refractivity contribution in [1.82, 2.24) is 0 Å². The smallest absolute Gasteiger partial charge is 0.341 e. The van der Waals surface area contributed by atoms with E-state index in [2.05, 4.69) is 13.2 Å². The van der Waals surface area contributed by atoms with Gasteiger partial charge in [0, 0.05) is 17.9 Å². The Morgan fingerprint density at radius 1 is 1.31 bits per heavy atom. The maximum absolute atomic E-state index is 12.6. The second-order valence-electron chi connectivity index (χ2n) is 7.89. The molecule has 2 heterocycles. The molecule has 4 aliphatic rings. The lowest BCUT2D eigenvalue weighted by molar-refractivity contribution is -0.158. The van der Waals surface area contributed by atoms with Crippen LogP contribution in [0.3, 0.4) is 0 Å². The number of carbonyl (C=O) groups excluding carboxylic acids is 3. The van der Waals surface area contributed by atoms with Crippen LogP contribution in [-0.2, 0) is 28.6 Å². The van der Waals surface area contributed by atoms with Gasteiger partial charge in [0.2, 0.25) is 0 Å². The minimum atomic E-state index is -0.963. The zero-order valence-electron chi connectivity index (χ0n) is 15.1. The summed E-state index contributed by atoms with van der Waals surface area (Å²) in [5.41, 5.74) is 0.870. The largest absolute Gasteiger partial charge is 0.459 e. The first-order chi connectivity index (χ1) is 12.1. The molecule has 0 aromatic carbocycles. The predicted molar refractivity (Wildman–Crippen MR) is 90.8 cm³/mol. The van der Waals surface area contributed by atoms with Gasteiger partial charge in [0.25, 0.3) is 0 Å². The van der Waals surface area contributed by atoms with Gasteiger partial charge in [-0.05, 0) is 26.8 Å². The third-order valence-electron chi connectivity index (χ3n) is 6.28. The van der Waals surface area contributed by atoms with Gasteiger partial charge in [-0.1, -0.05) is 24.3 Å². The minimum Gasteiger partial charge on any atom is -0.459 e. The number of carbonyl (C=O) groups is 3. The number of hydrogen-bond acceptors (Lipinski definition) is 6. The molecular weight excluding hydrogens is 336 g/mol. The summed E-state index contributed by atoms with van der Waals surface area (Å²) in [4.78, 5) is 37.2. The fourth-order valence-electron chi connectivity index (χ4n) is 4.52. The molecule has 1 saturated carbocycles. The Morgan fingerprint density at radius 2 is 1.96 bits per heavy atom. The Labute approximate surface area is 151 Å². The van der Waals surface area contributed by atoms with Crippen LogP contribution in [0.4, 0.5) is 0 Å². The molecule has 0 spiro atoms.